The van der Waals surface area contributed by atoms with E-state index < -0.39 is 0 Å². The molecule has 0 spiro atoms. The van der Waals surface area contributed by atoms with Crippen molar-refractivity contribution in [2.24, 2.45) is 0 Å². The number of carbonyl (C=O) groups excluding carboxylic acids is 1. The van der Waals surface area contributed by atoms with Gasteiger partial charge in [0.2, 0.25) is 0 Å². The van der Waals surface area contributed by atoms with Crippen LogP contribution in [0.15, 0.2) is 36.7 Å². The number of ether oxygens (including phenoxy) is 2. The molecule has 0 aliphatic heterocycles. The monoisotopic (exact) mass is 328 g/mol. The molecule has 0 aliphatic rings. The van der Waals surface area contributed by atoms with Crippen LogP contribution in [0.25, 0.3) is 0 Å². The van der Waals surface area contributed by atoms with Gasteiger partial charge in [0.15, 0.2) is 0 Å². The molecule has 1 aromatic carbocycles. The van der Waals surface area contributed by atoms with Crippen LogP contribution in [0.5, 0.6) is 11.5 Å². The van der Waals surface area contributed by atoms with Crippen molar-refractivity contribution in [1.82, 2.24) is 9.88 Å². The molecule has 0 radical (unpaired) electrons. The van der Waals surface area contributed by atoms with E-state index in [9.17, 15) is 4.79 Å². The summed E-state index contributed by atoms with van der Waals surface area (Å²) < 4.78 is 10.7. The van der Waals surface area contributed by atoms with Gasteiger partial charge in [-0.15, -0.1) is 0 Å². The molecule has 0 fully saturated rings. The van der Waals surface area contributed by atoms with Crippen molar-refractivity contribution in [1.29, 1.82) is 0 Å². The summed E-state index contributed by atoms with van der Waals surface area (Å²) in [5, 5.41) is 0. The Morgan fingerprint density at radius 3 is 2.38 bits per heavy atom. The van der Waals surface area contributed by atoms with E-state index >= 15 is 0 Å². The zero-order valence-electron chi connectivity index (χ0n) is 14.7. The maximum atomic E-state index is 12.9. The number of aryl methyl sites for hydroxylation is 1. The second-order valence-electron chi connectivity index (χ2n) is 5.51. The van der Waals surface area contributed by atoms with Crippen LogP contribution in [-0.4, -0.2) is 43.1 Å². The molecule has 0 unspecified atom stereocenters. The third kappa shape index (κ3) is 4.04. The Bertz CT molecular complexity index is 687. The summed E-state index contributed by atoms with van der Waals surface area (Å²) in [6, 6.07) is 7.52. The van der Waals surface area contributed by atoms with Gasteiger partial charge in [-0.2, -0.15) is 0 Å². The van der Waals surface area contributed by atoms with E-state index in [1.165, 1.54) is 0 Å². The first-order chi connectivity index (χ1) is 11.6. The van der Waals surface area contributed by atoms with E-state index in [2.05, 4.69) is 4.98 Å². The molecule has 0 saturated carbocycles. The van der Waals surface area contributed by atoms with Crippen molar-refractivity contribution < 1.29 is 14.3 Å². The Hall–Kier alpha value is -2.56. The van der Waals surface area contributed by atoms with Crippen LogP contribution in [0.1, 0.15) is 28.4 Å². The normalized spacial score (nSPS) is 10.3. The van der Waals surface area contributed by atoms with Gasteiger partial charge in [-0.1, -0.05) is 0 Å². The van der Waals surface area contributed by atoms with Crippen molar-refractivity contribution in [3.05, 3.63) is 53.3 Å². The standard InChI is InChI=1S/C19H24N2O3/c1-5-21(11-8-15-6-9-20-10-7-15)19(22)16-13-17(23-3)14(2)12-18(16)24-4/h6-7,9-10,12-13H,5,8,11H2,1-4H3. The van der Waals surface area contributed by atoms with Gasteiger partial charge in [-0.25, -0.2) is 0 Å². The topological polar surface area (TPSA) is 51.7 Å². The lowest BCUT2D eigenvalue weighted by Crippen LogP contribution is -2.33. The van der Waals surface area contributed by atoms with Gasteiger partial charge >= 0.3 is 0 Å². The van der Waals surface area contributed by atoms with E-state index in [0.29, 0.717) is 30.2 Å². The minimum Gasteiger partial charge on any atom is -0.496 e. The first kappa shape index (κ1) is 17.8. The highest BCUT2D eigenvalue weighted by Gasteiger charge is 2.20. The van der Waals surface area contributed by atoms with Gasteiger partial charge in [-0.05, 0) is 55.7 Å². The predicted molar refractivity (Wildman–Crippen MR) is 93.8 cm³/mol. The number of methoxy groups -OCH3 is 2. The molecule has 0 bridgehead atoms. The number of amides is 1. The lowest BCUT2D eigenvalue weighted by atomic mass is 10.1. The van der Waals surface area contributed by atoms with Crippen molar-refractivity contribution >= 4 is 5.91 Å². The van der Waals surface area contributed by atoms with Crippen LogP contribution >= 0.6 is 0 Å². The Morgan fingerprint density at radius 1 is 1.12 bits per heavy atom. The number of benzene rings is 1. The van der Waals surface area contributed by atoms with Gasteiger partial charge < -0.3 is 14.4 Å². The van der Waals surface area contributed by atoms with E-state index in [-0.39, 0.29) is 5.91 Å². The minimum atomic E-state index is -0.0540. The molecule has 0 atom stereocenters. The maximum absolute atomic E-state index is 12.9. The van der Waals surface area contributed by atoms with Crippen molar-refractivity contribution in [3.8, 4) is 11.5 Å². The Labute approximate surface area is 143 Å². The summed E-state index contributed by atoms with van der Waals surface area (Å²) in [7, 11) is 3.18. The first-order valence-electron chi connectivity index (χ1n) is 8.01. The molecule has 0 N–H and O–H groups in total. The summed E-state index contributed by atoms with van der Waals surface area (Å²) in [5.74, 6) is 1.20. The fraction of sp³-hybridized carbons (Fsp3) is 0.368. The van der Waals surface area contributed by atoms with Gasteiger partial charge in [0.1, 0.15) is 11.5 Å². The summed E-state index contributed by atoms with van der Waals surface area (Å²) in [4.78, 5) is 18.8. The largest absolute Gasteiger partial charge is 0.496 e. The molecule has 1 aromatic heterocycles. The van der Waals surface area contributed by atoms with Crippen LogP contribution in [0, 0.1) is 6.92 Å². The van der Waals surface area contributed by atoms with Crippen molar-refractivity contribution in [3.63, 3.8) is 0 Å². The fourth-order valence-electron chi connectivity index (χ4n) is 2.60. The summed E-state index contributed by atoms with van der Waals surface area (Å²) in [6.45, 7) is 5.17. The summed E-state index contributed by atoms with van der Waals surface area (Å²) in [6.07, 6.45) is 4.32. The SMILES string of the molecule is CCN(CCc1ccncc1)C(=O)c1cc(OC)c(C)cc1OC. The zero-order valence-corrected chi connectivity index (χ0v) is 14.7. The highest BCUT2D eigenvalue weighted by atomic mass is 16.5. The minimum absolute atomic E-state index is 0.0540. The number of likely N-dealkylation sites (N-methyl/N-ethyl adjacent to an activating group) is 1. The Balaban J connectivity index is 2.21. The predicted octanol–water partition coefficient (Wildman–Crippen LogP) is 3.11. The molecule has 2 aromatic rings. The van der Waals surface area contributed by atoms with Crippen LogP contribution in [-0.2, 0) is 6.42 Å². The third-order valence-electron chi connectivity index (χ3n) is 4.04. The lowest BCUT2D eigenvalue weighted by molar-refractivity contribution is 0.0762. The number of rotatable bonds is 7. The number of hydrogen-bond acceptors (Lipinski definition) is 4. The molecule has 0 saturated heterocycles. The van der Waals surface area contributed by atoms with E-state index in [0.717, 1.165) is 17.5 Å². The van der Waals surface area contributed by atoms with Crippen molar-refractivity contribution in [2.45, 2.75) is 20.3 Å². The average Bonchev–Trinajstić information content (AvgIpc) is 2.62. The summed E-state index contributed by atoms with van der Waals surface area (Å²) >= 11 is 0. The highest BCUT2D eigenvalue weighted by molar-refractivity contribution is 5.97. The molecule has 1 heterocycles. The molecule has 5 heteroatoms. The van der Waals surface area contributed by atoms with Crippen LogP contribution in [0.2, 0.25) is 0 Å². The van der Waals surface area contributed by atoms with Crippen LogP contribution < -0.4 is 9.47 Å². The summed E-state index contributed by atoms with van der Waals surface area (Å²) in [5.41, 5.74) is 2.62. The lowest BCUT2D eigenvalue weighted by Gasteiger charge is -2.22. The Kier molecular flexibility index (Phi) is 6.18. The molecule has 24 heavy (non-hydrogen) atoms. The van der Waals surface area contributed by atoms with Gasteiger partial charge in [0.25, 0.3) is 5.91 Å². The molecule has 128 valence electrons. The van der Waals surface area contributed by atoms with E-state index in [4.69, 9.17) is 9.47 Å². The third-order valence-corrected chi connectivity index (χ3v) is 4.04. The number of pyridine rings is 1. The second-order valence-corrected chi connectivity index (χ2v) is 5.51. The van der Waals surface area contributed by atoms with Crippen LogP contribution in [0.3, 0.4) is 0 Å². The fourth-order valence-corrected chi connectivity index (χ4v) is 2.60. The Morgan fingerprint density at radius 2 is 1.79 bits per heavy atom. The van der Waals surface area contributed by atoms with Gasteiger partial charge in [0, 0.05) is 25.5 Å². The average molecular weight is 328 g/mol. The molecule has 0 aliphatic carbocycles. The first-order valence-corrected chi connectivity index (χ1v) is 8.01. The molecule has 5 nitrogen and oxygen atoms in total. The smallest absolute Gasteiger partial charge is 0.257 e. The van der Waals surface area contributed by atoms with Gasteiger partial charge in [-0.3, -0.25) is 9.78 Å². The molecule has 2 rings (SSSR count). The highest BCUT2D eigenvalue weighted by Crippen LogP contribution is 2.29. The molecular weight excluding hydrogens is 304 g/mol. The number of nitrogens with zero attached hydrogens (tertiary/aromatic N) is 2. The molecular formula is C19H24N2O3. The van der Waals surface area contributed by atoms with E-state index in [1.807, 2.05) is 36.9 Å². The number of hydrogen-bond donors (Lipinski definition) is 0. The van der Waals surface area contributed by atoms with Crippen molar-refractivity contribution in [2.75, 3.05) is 27.3 Å². The number of aromatic nitrogens is 1. The maximum Gasteiger partial charge on any atom is 0.257 e. The zero-order chi connectivity index (χ0) is 17.5. The van der Waals surface area contributed by atoms with Crippen LogP contribution in [0.4, 0.5) is 0 Å². The second kappa shape index (κ2) is 8.34. The number of carbonyl (C=O) groups is 1. The van der Waals surface area contributed by atoms with E-state index in [1.54, 1.807) is 32.7 Å². The van der Waals surface area contributed by atoms with Gasteiger partial charge in [0.05, 0.1) is 19.8 Å². The quantitative estimate of drug-likeness (QED) is 0.784. The molecule has 1 amide bonds.